The molecule has 1 rings (SSSR count). The topological polar surface area (TPSA) is 40.5 Å². The Morgan fingerprint density at radius 2 is 2.22 bits per heavy atom. The zero-order chi connectivity index (χ0) is 6.69. The van der Waals surface area contributed by atoms with Crippen molar-refractivity contribution >= 4 is 0 Å². The molecule has 0 amide bonds. The van der Waals surface area contributed by atoms with Crippen molar-refractivity contribution < 1.29 is 10.2 Å². The first-order chi connectivity index (χ1) is 4.30. The molecule has 0 aliphatic heterocycles. The molecule has 0 aromatic carbocycles. The van der Waals surface area contributed by atoms with E-state index in [9.17, 15) is 0 Å². The summed E-state index contributed by atoms with van der Waals surface area (Å²) in [6, 6.07) is 0. The first-order valence-electron chi connectivity index (χ1n) is 3.02. The van der Waals surface area contributed by atoms with Crippen LogP contribution in [-0.4, -0.2) is 16.5 Å². The van der Waals surface area contributed by atoms with Crippen molar-refractivity contribution in [3.63, 3.8) is 0 Å². The molecule has 2 heteroatoms. The van der Waals surface area contributed by atoms with Gasteiger partial charge in [-0.15, -0.1) is 0 Å². The lowest BCUT2D eigenvalue weighted by Gasteiger charge is -2.09. The van der Waals surface area contributed by atoms with Gasteiger partial charge in [-0.25, -0.2) is 0 Å². The standard InChI is InChI=1S/C7H10O2/c8-7(9)6-4-2-1-3-5-6/h1-2,4,7-9H,3,5H2. The normalized spacial score (nSPS) is 18.3. The van der Waals surface area contributed by atoms with E-state index >= 15 is 0 Å². The third kappa shape index (κ3) is 1.66. The van der Waals surface area contributed by atoms with Crippen LogP contribution in [0.1, 0.15) is 12.8 Å². The van der Waals surface area contributed by atoms with Gasteiger partial charge in [-0.2, -0.15) is 0 Å². The minimum Gasteiger partial charge on any atom is -0.365 e. The molecule has 0 aromatic heterocycles. The molecule has 1 aliphatic carbocycles. The highest BCUT2D eigenvalue weighted by atomic mass is 16.5. The second kappa shape index (κ2) is 2.80. The van der Waals surface area contributed by atoms with Gasteiger partial charge >= 0.3 is 0 Å². The highest BCUT2D eigenvalue weighted by molar-refractivity contribution is 5.18. The predicted octanol–water partition coefficient (Wildman–Crippen LogP) is 0.574. The average Bonchev–Trinajstić information content (AvgIpc) is 1.90. The zero-order valence-corrected chi connectivity index (χ0v) is 5.12. The van der Waals surface area contributed by atoms with E-state index in [0.29, 0.717) is 5.57 Å². The summed E-state index contributed by atoms with van der Waals surface area (Å²) >= 11 is 0. The van der Waals surface area contributed by atoms with Gasteiger partial charge in [0.1, 0.15) is 0 Å². The monoisotopic (exact) mass is 126 g/mol. The largest absolute Gasteiger partial charge is 0.365 e. The Labute approximate surface area is 54.1 Å². The van der Waals surface area contributed by atoms with Crippen molar-refractivity contribution in [2.45, 2.75) is 19.1 Å². The zero-order valence-electron chi connectivity index (χ0n) is 5.12. The highest BCUT2D eigenvalue weighted by Crippen LogP contribution is 2.13. The van der Waals surface area contributed by atoms with Gasteiger partial charge in [0.05, 0.1) is 0 Å². The second-order valence-corrected chi connectivity index (χ2v) is 2.08. The first kappa shape index (κ1) is 6.52. The van der Waals surface area contributed by atoms with Crippen molar-refractivity contribution in [1.29, 1.82) is 0 Å². The summed E-state index contributed by atoms with van der Waals surface area (Å²) in [6.07, 6.45) is 6.03. The molecule has 0 saturated carbocycles. The summed E-state index contributed by atoms with van der Waals surface area (Å²) in [5.74, 6) is 0. The molecule has 9 heavy (non-hydrogen) atoms. The summed E-state index contributed by atoms with van der Waals surface area (Å²) in [5, 5.41) is 17.3. The Balaban J connectivity index is 2.57. The molecule has 0 radical (unpaired) electrons. The average molecular weight is 126 g/mol. The summed E-state index contributed by atoms with van der Waals surface area (Å²) in [5.41, 5.74) is 0.706. The van der Waals surface area contributed by atoms with Gasteiger partial charge in [-0.1, -0.05) is 18.2 Å². The van der Waals surface area contributed by atoms with E-state index in [2.05, 4.69) is 0 Å². The Morgan fingerprint density at radius 3 is 2.56 bits per heavy atom. The maximum absolute atomic E-state index is 8.63. The van der Waals surface area contributed by atoms with E-state index in [4.69, 9.17) is 10.2 Å². The molecule has 0 spiro atoms. The van der Waals surface area contributed by atoms with E-state index in [-0.39, 0.29) is 0 Å². The lowest BCUT2D eigenvalue weighted by atomic mass is 10.1. The molecule has 2 N–H and O–H groups in total. The van der Waals surface area contributed by atoms with E-state index in [1.54, 1.807) is 6.08 Å². The molecule has 1 aliphatic rings. The second-order valence-electron chi connectivity index (χ2n) is 2.08. The van der Waals surface area contributed by atoms with Gasteiger partial charge in [-0.3, -0.25) is 0 Å². The van der Waals surface area contributed by atoms with Crippen LogP contribution < -0.4 is 0 Å². The van der Waals surface area contributed by atoms with Crippen LogP contribution in [0.2, 0.25) is 0 Å². The lowest BCUT2D eigenvalue weighted by molar-refractivity contribution is -0.0103. The molecular formula is C7H10O2. The summed E-state index contributed by atoms with van der Waals surface area (Å²) in [4.78, 5) is 0. The van der Waals surface area contributed by atoms with E-state index in [1.165, 1.54) is 0 Å². The quantitative estimate of drug-likeness (QED) is 0.504. The van der Waals surface area contributed by atoms with Crippen LogP contribution in [0.5, 0.6) is 0 Å². The van der Waals surface area contributed by atoms with Crippen LogP contribution in [0.15, 0.2) is 23.8 Å². The maximum atomic E-state index is 8.63. The van der Waals surface area contributed by atoms with Crippen molar-refractivity contribution in [3.8, 4) is 0 Å². The van der Waals surface area contributed by atoms with Gasteiger partial charge in [0.25, 0.3) is 0 Å². The summed E-state index contributed by atoms with van der Waals surface area (Å²) < 4.78 is 0. The van der Waals surface area contributed by atoms with E-state index < -0.39 is 6.29 Å². The van der Waals surface area contributed by atoms with Crippen LogP contribution in [0, 0.1) is 0 Å². The molecule has 0 bridgehead atoms. The minimum atomic E-state index is -1.25. The number of aliphatic hydroxyl groups is 2. The van der Waals surface area contributed by atoms with Crippen LogP contribution in [0.25, 0.3) is 0 Å². The van der Waals surface area contributed by atoms with Crippen molar-refractivity contribution in [3.05, 3.63) is 23.8 Å². The summed E-state index contributed by atoms with van der Waals surface area (Å²) in [7, 11) is 0. The highest BCUT2D eigenvalue weighted by Gasteiger charge is 2.05. The fourth-order valence-electron chi connectivity index (χ4n) is 0.836. The summed E-state index contributed by atoms with van der Waals surface area (Å²) in [6.45, 7) is 0. The van der Waals surface area contributed by atoms with Crippen molar-refractivity contribution in [2.24, 2.45) is 0 Å². The fourth-order valence-corrected chi connectivity index (χ4v) is 0.836. The minimum absolute atomic E-state index is 0.706. The van der Waals surface area contributed by atoms with Gasteiger partial charge in [0, 0.05) is 0 Å². The van der Waals surface area contributed by atoms with Crippen LogP contribution >= 0.6 is 0 Å². The third-order valence-electron chi connectivity index (χ3n) is 1.38. The van der Waals surface area contributed by atoms with Gasteiger partial charge in [0.15, 0.2) is 6.29 Å². The van der Waals surface area contributed by atoms with Crippen LogP contribution in [-0.2, 0) is 0 Å². The smallest absolute Gasteiger partial charge is 0.174 e. The Kier molecular flexibility index (Phi) is 2.03. The molecule has 0 saturated heterocycles. The number of hydrogen-bond acceptors (Lipinski definition) is 2. The molecule has 0 heterocycles. The Hall–Kier alpha value is -0.600. The van der Waals surface area contributed by atoms with Crippen LogP contribution in [0.4, 0.5) is 0 Å². The molecule has 0 atom stereocenters. The number of rotatable bonds is 1. The fraction of sp³-hybridized carbons (Fsp3) is 0.429. The van der Waals surface area contributed by atoms with Crippen LogP contribution in [0.3, 0.4) is 0 Å². The SMILES string of the molecule is OC(O)C1=CC=CCC1. The number of allylic oxidation sites excluding steroid dienone is 3. The number of hydrogen-bond donors (Lipinski definition) is 2. The molecule has 2 nitrogen and oxygen atoms in total. The maximum Gasteiger partial charge on any atom is 0.174 e. The van der Waals surface area contributed by atoms with Gasteiger partial charge in [0.2, 0.25) is 0 Å². The van der Waals surface area contributed by atoms with Crippen molar-refractivity contribution in [1.82, 2.24) is 0 Å². The first-order valence-corrected chi connectivity index (χ1v) is 3.02. The lowest BCUT2D eigenvalue weighted by Crippen LogP contribution is -2.09. The predicted molar refractivity (Wildman–Crippen MR) is 34.7 cm³/mol. The molecule has 0 aromatic rings. The molecule has 50 valence electrons. The van der Waals surface area contributed by atoms with Gasteiger partial charge < -0.3 is 10.2 Å². The Morgan fingerprint density at radius 1 is 1.44 bits per heavy atom. The number of aliphatic hydroxyl groups excluding tert-OH is 1. The van der Waals surface area contributed by atoms with Crippen molar-refractivity contribution in [2.75, 3.05) is 0 Å². The third-order valence-corrected chi connectivity index (χ3v) is 1.38. The van der Waals surface area contributed by atoms with E-state index in [1.807, 2.05) is 12.2 Å². The molecular weight excluding hydrogens is 116 g/mol. The Bertz CT molecular complexity index is 145. The molecule has 0 unspecified atom stereocenters. The van der Waals surface area contributed by atoms with E-state index in [0.717, 1.165) is 12.8 Å². The van der Waals surface area contributed by atoms with Gasteiger partial charge in [-0.05, 0) is 18.4 Å². The molecule has 0 fully saturated rings.